The van der Waals surface area contributed by atoms with E-state index in [-0.39, 0.29) is 6.10 Å². The van der Waals surface area contributed by atoms with Gasteiger partial charge in [-0.2, -0.15) is 0 Å². The molecule has 22 heavy (non-hydrogen) atoms. The molecule has 3 rings (SSSR count). The van der Waals surface area contributed by atoms with E-state index in [4.69, 9.17) is 15.0 Å². The minimum absolute atomic E-state index is 0.217. The van der Waals surface area contributed by atoms with Crippen molar-refractivity contribution in [2.24, 2.45) is 0 Å². The molecule has 1 atom stereocenters. The van der Waals surface area contributed by atoms with Gasteiger partial charge in [0, 0.05) is 24.8 Å². The minimum Gasteiger partial charge on any atom is -0.384 e. The molecular weight excluding hydrogens is 282 g/mol. The Morgan fingerprint density at radius 1 is 1.45 bits per heavy atom. The average Bonchev–Trinajstić information content (AvgIpc) is 3.05. The summed E-state index contributed by atoms with van der Waals surface area (Å²) in [6.07, 6.45) is 2.92. The van der Waals surface area contributed by atoms with E-state index in [2.05, 4.69) is 20.0 Å². The molecule has 0 aliphatic carbocycles. The van der Waals surface area contributed by atoms with Gasteiger partial charge in [-0.05, 0) is 26.3 Å². The lowest BCUT2D eigenvalue weighted by molar-refractivity contribution is 0.0451. The lowest BCUT2D eigenvalue weighted by Gasteiger charge is -2.15. The summed E-state index contributed by atoms with van der Waals surface area (Å²) in [6, 6.07) is 1.70. The smallest absolute Gasteiger partial charge is 0.144 e. The molecule has 0 saturated carbocycles. The number of likely N-dealkylation sites (tertiary alicyclic amines) is 1. The number of nitrogens with zero attached hydrogens (tertiary/aromatic N) is 4. The van der Waals surface area contributed by atoms with E-state index in [0.29, 0.717) is 19.0 Å². The van der Waals surface area contributed by atoms with Crippen molar-refractivity contribution < 1.29 is 9.26 Å². The molecular formula is C15H21N5O2. The molecule has 0 amide bonds. The highest BCUT2D eigenvalue weighted by atomic mass is 16.5. The van der Waals surface area contributed by atoms with Gasteiger partial charge in [-0.3, -0.25) is 4.90 Å². The predicted molar refractivity (Wildman–Crippen MR) is 80.9 cm³/mol. The molecule has 1 unspecified atom stereocenters. The molecule has 0 spiro atoms. The second-order valence-corrected chi connectivity index (χ2v) is 5.66. The zero-order valence-corrected chi connectivity index (χ0v) is 13.0. The Morgan fingerprint density at radius 2 is 2.32 bits per heavy atom. The summed E-state index contributed by atoms with van der Waals surface area (Å²) in [4.78, 5) is 10.8. The maximum Gasteiger partial charge on any atom is 0.144 e. The van der Waals surface area contributed by atoms with E-state index in [1.165, 1.54) is 0 Å². The summed E-state index contributed by atoms with van der Waals surface area (Å²) >= 11 is 0. The van der Waals surface area contributed by atoms with Gasteiger partial charge < -0.3 is 15.0 Å². The topological polar surface area (TPSA) is 90.3 Å². The van der Waals surface area contributed by atoms with Crippen LogP contribution in [0.3, 0.4) is 0 Å². The van der Waals surface area contributed by atoms with Gasteiger partial charge in [0.25, 0.3) is 0 Å². The summed E-state index contributed by atoms with van der Waals surface area (Å²) in [5, 5.41) is 3.95. The van der Waals surface area contributed by atoms with Crippen LogP contribution in [0.5, 0.6) is 0 Å². The van der Waals surface area contributed by atoms with E-state index >= 15 is 0 Å². The lowest BCUT2D eigenvalue weighted by Crippen LogP contribution is -2.24. The number of nitrogens with two attached hydrogens (primary N) is 1. The van der Waals surface area contributed by atoms with Gasteiger partial charge in [0.05, 0.1) is 24.9 Å². The molecule has 1 saturated heterocycles. The fourth-order valence-electron chi connectivity index (χ4n) is 2.68. The van der Waals surface area contributed by atoms with Crippen molar-refractivity contribution in [1.82, 2.24) is 20.0 Å². The fraction of sp³-hybridized carbons (Fsp3) is 0.533. The van der Waals surface area contributed by atoms with Crippen molar-refractivity contribution >= 4 is 5.82 Å². The van der Waals surface area contributed by atoms with Crippen molar-refractivity contribution in [3.05, 3.63) is 35.1 Å². The molecule has 7 nitrogen and oxygen atoms in total. The first-order chi connectivity index (χ1) is 10.6. The largest absolute Gasteiger partial charge is 0.384 e. The van der Waals surface area contributed by atoms with Crippen molar-refractivity contribution in [2.75, 3.05) is 18.8 Å². The highest BCUT2D eigenvalue weighted by Gasteiger charge is 2.24. The second kappa shape index (κ2) is 6.41. The monoisotopic (exact) mass is 303 g/mol. The molecule has 1 aliphatic heterocycles. The predicted octanol–water partition coefficient (Wildman–Crippen LogP) is 1.45. The SMILES string of the molecule is Cc1noc(C)c1COC1CCN(Cc2nccc(N)n2)C1. The van der Waals surface area contributed by atoms with Crippen LogP contribution in [0.4, 0.5) is 5.82 Å². The molecule has 0 aromatic carbocycles. The van der Waals surface area contributed by atoms with E-state index < -0.39 is 0 Å². The molecule has 0 radical (unpaired) electrons. The number of ether oxygens (including phenoxy) is 1. The van der Waals surface area contributed by atoms with E-state index in [9.17, 15) is 0 Å². The van der Waals surface area contributed by atoms with Crippen LogP contribution < -0.4 is 5.73 Å². The van der Waals surface area contributed by atoms with Crippen LogP contribution in [0.15, 0.2) is 16.8 Å². The number of hydrogen-bond donors (Lipinski definition) is 1. The summed E-state index contributed by atoms with van der Waals surface area (Å²) in [7, 11) is 0. The van der Waals surface area contributed by atoms with Gasteiger partial charge in [-0.25, -0.2) is 9.97 Å². The maximum absolute atomic E-state index is 5.99. The number of anilines is 1. The molecule has 2 aromatic heterocycles. The Bertz CT molecular complexity index is 623. The van der Waals surface area contributed by atoms with Crippen molar-refractivity contribution in [2.45, 2.75) is 39.5 Å². The summed E-state index contributed by atoms with van der Waals surface area (Å²) in [6.45, 7) is 6.96. The molecule has 2 aromatic rings. The van der Waals surface area contributed by atoms with Gasteiger partial charge >= 0.3 is 0 Å². The first-order valence-electron chi connectivity index (χ1n) is 7.45. The van der Waals surface area contributed by atoms with Crippen molar-refractivity contribution in [1.29, 1.82) is 0 Å². The summed E-state index contributed by atoms with van der Waals surface area (Å²) in [5.41, 5.74) is 7.64. The van der Waals surface area contributed by atoms with Crippen LogP contribution >= 0.6 is 0 Å². The van der Waals surface area contributed by atoms with Gasteiger partial charge in [0.1, 0.15) is 17.4 Å². The molecule has 7 heteroatoms. The third-order valence-electron chi connectivity index (χ3n) is 3.97. The van der Waals surface area contributed by atoms with Crippen LogP contribution in [0.1, 0.15) is 29.3 Å². The van der Waals surface area contributed by atoms with Crippen LogP contribution in [-0.2, 0) is 17.9 Å². The lowest BCUT2D eigenvalue weighted by atomic mass is 10.2. The quantitative estimate of drug-likeness (QED) is 0.894. The Hall–Kier alpha value is -1.99. The third-order valence-corrected chi connectivity index (χ3v) is 3.97. The fourth-order valence-corrected chi connectivity index (χ4v) is 2.68. The van der Waals surface area contributed by atoms with Crippen molar-refractivity contribution in [3.63, 3.8) is 0 Å². The number of hydrogen-bond acceptors (Lipinski definition) is 7. The maximum atomic E-state index is 5.99. The average molecular weight is 303 g/mol. The Morgan fingerprint density at radius 3 is 3.05 bits per heavy atom. The normalized spacial score (nSPS) is 18.9. The Balaban J connectivity index is 1.50. The highest BCUT2D eigenvalue weighted by molar-refractivity contribution is 5.25. The standard InChI is InChI=1S/C15H21N5O2/c1-10-13(11(2)22-19-10)9-21-12-4-6-20(7-12)8-15-17-5-3-14(16)18-15/h3,5,12H,4,6-9H2,1-2H3,(H2,16,17,18). The van der Waals surface area contributed by atoms with E-state index in [1.54, 1.807) is 12.3 Å². The van der Waals surface area contributed by atoms with Crippen LogP contribution in [0, 0.1) is 13.8 Å². The zero-order valence-electron chi connectivity index (χ0n) is 13.0. The first-order valence-corrected chi connectivity index (χ1v) is 7.45. The Labute approximate surface area is 129 Å². The minimum atomic E-state index is 0.217. The molecule has 0 bridgehead atoms. The van der Waals surface area contributed by atoms with Gasteiger partial charge in [0.15, 0.2) is 0 Å². The first kappa shape index (κ1) is 14.9. The van der Waals surface area contributed by atoms with Gasteiger partial charge in [-0.1, -0.05) is 5.16 Å². The zero-order chi connectivity index (χ0) is 15.5. The van der Waals surface area contributed by atoms with Crippen molar-refractivity contribution in [3.8, 4) is 0 Å². The van der Waals surface area contributed by atoms with Crippen LogP contribution in [-0.4, -0.2) is 39.2 Å². The molecule has 3 heterocycles. The molecule has 118 valence electrons. The van der Waals surface area contributed by atoms with E-state index in [1.807, 2.05) is 13.8 Å². The third kappa shape index (κ3) is 3.42. The second-order valence-electron chi connectivity index (χ2n) is 5.66. The Kier molecular flexibility index (Phi) is 4.35. The molecule has 2 N–H and O–H groups in total. The number of rotatable bonds is 5. The van der Waals surface area contributed by atoms with Gasteiger partial charge in [-0.15, -0.1) is 0 Å². The summed E-state index contributed by atoms with van der Waals surface area (Å²) < 4.78 is 11.1. The number of aryl methyl sites for hydroxylation is 2. The van der Waals surface area contributed by atoms with Crippen LogP contribution in [0.2, 0.25) is 0 Å². The van der Waals surface area contributed by atoms with Crippen LogP contribution in [0.25, 0.3) is 0 Å². The van der Waals surface area contributed by atoms with E-state index in [0.717, 1.165) is 42.4 Å². The van der Waals surface area contributed by atoms with Gasteiger partial charge in [0.2, 0.25) is 0 Å². The summed E-state index contributed by atoms with van der Waals surface area (Å²) in [5.74, 6) is 2.10. The number of nitrogen functional groups attached to an aromatic ring is 1. The highest BCUT2D eigenvalue weighted by Crippen LogP contribution is 2.19. The number of aromatic nitrogens is 3. The molecule has 1 fully saturated rings. The molecule has 1 aliphatic rings.